The molecule has 2 rings (SSSR count). The number of hydrogen-bond donors (Lipinski definition) is 0. The molecular formula is C22H26ClNO5S. The van der Waals surface area contributed by atoms with Crippen LogP contribution in [0.5, 0.6) is 5.75 Å². The molecule has 0 saturated heterocycles. The van der Waals surface area contributed by atoms with Crippen LogP contribution >= 0.6 is 11.6 Å². The van der Waals surface area contributed by atoms with Gasteiger partial charge in [0.2, 0.25) is 0 Å². The minimum absolute atomic E-state index is 0.218. The van der Waals surface area contributed by atoms with Gasteiger partial charge < -0.3 is 9.47 Å². The number of nitrogens with zero attached hydrogens (tertiary/aromatic N) is 1. The Morgan fingerprint density at radius 1 is 1.03 bits per heavy atom. The summed E-state index contributed by atoms with van der Waals surface area (Å²) in [5.41, 5.74) is -0.294. The SMILES string of the molecule is CC(C)OC(=O)C(C)(C)Oc1ccc(C(=O)c2ccc(Cl)cc2)cc1N=S(C)(C)=O. The molecule has 6 nitrogen and oxygen atoms in total. The van der Waals surface area contributed by atoms with Crippen molar-refractivity contribution < 1.29 is 23.3 Å². The largest absolute Gasteiger partial charge is 0.474 e. The first-order valence-electron chi connectivity index (χ1n) is 9.30. The van der Waals surface area contributed by atoms with Crippen LogP contribution in [0.3, 0.4) is 0 Å². The highest BCUT2D eigenvalue weighted by Crippen LogP contribution is 2.34. The Morgan fingerprint density at radius 3 is 2.13 bits per heavy atom. The van der Waals surface area contributed by atoms with E-state index in [1.165, 1.54) is 24.6 Å². The predicted molar refractivity (Wildman–Crippen MR) is 119 cm³/mol. The molecule has 0 aromatic heterocycles. The first kappa shape index (κ1) is 23.9. The highest BCUT2D eigenvalue weighted by molar-refractivity contribution is 7.92. The molecule has 2 aromatic carbocycles. The van der Waals surface area contributed by atoms with Crippen LogP contribution in [0.15, 0.2) is 46.8 Å². The molecule has 0 aliphatic rings. The highest BCUT2D eigenvalue weighted by Gasteiger charge is 2.33. The van der Waals surface area contributed by atoms with Crippen LogP contribution in [0.2, 0.25) is 5.02 Å². The van der Waals surface area contributed by atoms with Gasteiger partial charge in [0.15, 0.2) is 11.4 Å². The van der Waals surface area contributed by atoms with Gasteiger partial charge in [-0.15, -0.1) is 0 Å². The van der Waals surface area contributed by atoms with E-state index in [0.29, 0.717) is 16.1 Å². The van der Waals surface area contributed by atoms with Crippen molar-refractivity contribution in [3.8, 4) is 5.75 Å². The third-order valence-electron chi connectivity index (χ3n) is 3.85. The number of rotatable bonds is 7. The van der Waals surface area contributed by atoms with Crippen LogP contribution in [0, 0.1) is 0 Å². The topological polar surface area (TPSA) is 82.0 Å². The van der Waals surface area contributed by atoms with Crippen molar-refractivity contribution in [2.45, 2.75) is 39.4 Å². The second-order valence-corrected chi connectivity index (χ2v) is 10.8. The summed E-state index contributed by atoms with van der Waals surface area (Å²) < 4.78 is 27.7. The monoisotopic (exact) mass is 451 g/mol. The van der Waals surface area contributed by atoms with Crippen LogP contribution in [0.4, 0.5) is 5.69 Å². The van der Waals surface area contributed by atoms with E-state index in [9.17, 15) is 13.8 Å². The van der Waals surface area contributed by atoms with E-state index in [4.69, 9.17) is 21.1 Å². The number of benzene rings is 2. The summed E-state index contributed by atoms with van der Waals surface area (Å²) in [7, 11) is -2.56. The lowest BCUT2D eigenvalue weighted by molar-refractivity contribution is -0.163. The molecule has 0 fully saturated rings. The van der Waals surface area contributed by atoms with Gasteiger partial charge >= 0.3 is 5.97 Å². The van der Waals surface area contributed by atoms with Crippen LogP contribution in [-0.2, 0) is 19.3 Å². The summed E-state index contributed by atoms with van der Waals surface area (Å²) in [5.74, 6) is -0.560. The van der Waals surface area contributed by atoms with Crippen LogP contribution < -0.4 is 4.74 Å². The Labute approximate surface area is 182 Å². The van der Waals surface area contributed by atoms with Gasteiger partial charge in [0.25, 0.3) is 0 Å². The molecule has 0 aliphatic carbocycles. The lowest BCUT2D eigenvalue weighted by Gasteiger charge is -2.26. The van der Waals surface area contributed by atoms with Crippen LogP contribution in [0.1, 0.15) is 43.6 Å². The van der Waals surface area contributed by atoms with E-state index in [-0.39, 0.29) is 23.3 Å². The first-order valence-corrected chi connectivity index (χ1v) is 12.0. The van der Waals surface area contributed by atoms with Gasteiger partial charge in [-0.1, -0.05) is 11.6 Å². The Hall–Kier alpha value is -2.38. The zero-order valence-corrected chi connectivity index (χ0v) is 19.5. The van der Waals surface area contributed by atoms with E-state index in [2.05, 4.69) is 4.36 Å². The second-order valence-electron chi connectivity index (χ2n) is 7.86. The molecule has 0 spiro atoms. The number of halogens is 1. The maximum atomic E-state index is 12.8. The summed E-state index contributed by atoms with van der Waals surface area (Å²) in [6.07, 6.45) is 2.65. The molecule has 0 saturated carbocycles. The predicted octanol–water partition coefficient (Wildman–Crippen LogP) is 5.04. The Bertz CT molecular complexity index is 1060. The van der Waals surface area contributed by atoms with Crippen molar-refractivity contribution in [3.63, 3.8) is 0 Å². The quantitative estimate of drug-likeness (QED) is 0.435. The van der Waals surface area contributed by atoms with Crippen molar-refractivity contribution in [1.82, 2.24) is 0 Å². The van der Waals surface area contributed by atoms with Crippen molar-refractivity contribution in [2.75, 3.05) is 12.5 Å². The maximum Gasteiger partial charge on any atom is 0.350 e. The molecule has 0 bridgehead atoms. The van der Waals surface area contributed by atoms with E-state index in [0.717, 1.165) is 0 Å². The van der Waals surface area contributed by atoms with Crippen molar-refractivity contribution >= 4 is 38.8 Å². The third kappa shape index (κ3) is 6.57. The van der Waals surface area contributed by atoms with E-state index in [1.807, 2.05) is 0 Å². The summed E-state index contributed by atoms with van der Waals surface area (Å²) in [4.78, 5) is 25.2. The van der Waals surface area contributed by atoms with Crippen LogP contribution in [0.25, 0.3) is 0 Å². The van der Waals surface area contributed by atoms with Gasteiger partial charge in [0, 0.05) is 38.4 Å². The van der Waals surface area contributed by atoms with Gasteiger partial charge in [0.1, 0.15) is 11.4 Å². The first-order chi connectivity index (χ1) is 13.8. The average Bonchev–Trinajstić information content (AvgIpc) is 2.61. The summed E-state index contributed by atoms with van der Waals surface area (Å²) in [5, 5.41) is 0.526. The molecule has 0 N–H and O–H groups in total. The number of carbonyl (C=O) groups excluding carboxylic acids is 2. The molecule has 162 valence electrons. The van der Waals surface area contributed by atoms with E-state index >= 15 is 0 Å². The van der Waals surface area contributed by atoms with Gasteiger partial charge in [-0.2, -0.15) is 4.36 Å². The minimum Gasteiger partial charge on any atom is -0.474 e. The molecule has 8 heteroatoms. The zero-order valence-electron chi connectivity index (χ0n) is 17.9. The van der Waals surface area contributed by atoms with E-state index < -0.39 is 21.3 Å². The Kier molecular flexibility index (Phi) is 7.31. The van der Waals surface area contributed by atoms with E-state index in [1.54, 1.807) is 58.0 Å². The maximum absolute atomic E-state index is 12.8. The molecule has 0 heterocycles. The number of carbonyl (C=O) groups is 2. The molecule has 0 unspecified atom stereocenters. The molecule has 2 aromatic rings. The number of ketones is 1. The van der Waals surface area contributed by atoms with Crippen molar-refractivity contribution in [2.24, 2.45) is 4.36 Å². The summed E-state index contributed by atoms with van der Waals surface area (Å²) in [6, 6.07) is 11.1. The summed E-state index contributed by atoms with van der Waals surface area (Å²) in [6.45, 7) is 6.64. The Morgan fingerprint density at radius 2 is 1.60 bits per heavy atom. The van der Waals surface area contributed by atoms with Gasteiger partial charge in [-0.05, 0) is 70.2 Å². The lowest BCUT2D eigenvalue weighted by Crippen LogP contribution is -2.40. The molecular weight excluding hydrogens is 426 g/mol. The van der Waals surface area contributed by atoms with Gasteiger partial charge in [-0.3, -0.25) is 4.79 Å². The van der Waals surface area contributed by atoms with Crippen LogP contribution in [-0.4, -0.2) is 40.2 Å². The molecule has 0 amide bonds. The molecule has 0 aliphatic heterocycles. The van der Waals surface area contributed by atoms with Crippen molar-refractivity contribution in [1.29, 1.82) is 0 Å². The van der Waals surface area contributed by atoms with Crippen molar-refractivity contribution in [3.05, 3.63) is 58.6 Å². The fourth-order valence-electron chi connectivity index (χ4n) is 2.49. The molecule has 0 atom stereocenters. The van der Waals surface area contributed by atoms with Gasteiger partial charge in [0.05, 0.1) is 6.10 Å². The smallest absolute Gasteiger partial charge is 0.350 e. The minimum atomic E-state index is -2.56. The van der Waals surface area contributed by atoms with Gasteiger partial charge in [-0.25, -0.2) is 9.00 Å². The highest BCUT2D eigenvalue weighted by atomic mass is 35.5. The zero-order chi connectivity index (χ0) is 22.7. The third-order valence-corrected chi connectivity index (χ3v) is 4.73. The lowest BCUT2D eigenvalue weighted by atomic mass is 10.0. The Balaban J connectivity index is 2.47. The number of esters is 1. The normalized spacial score (nSPS) is 11.9. The average molecular weight is 452 g/mol. The molecule has 30 heavy (non-hydrogen) atoms. The number of hydrogen-bond acceptors (Lipinski definition) is 6. The standard InChI is InChI=1S/C22H26ClNO5S/c1-14(2)28-21(26)22(3,4)29-19-12-9-16(13-18(19)24-30(5,6)27)20(25)15-7-10-17(23)11-8-15/h7-14H,1-6H3. The number of ether oxygens (including phenoxy) is 2. The fourth-order valence-corrected chi connectivity index (χ4v) is 3.24. The fraction of sp³-hybridized carbons (Fsp3) is 0.364. The second kappa shape index (κ2) is 9.18. The molecule has 0 radical (unpaired) electrons. The summed E-state index contributed by atoms with van der Waals surface area (Å²) >= 11 is 5.89.